The summed E-state index contributed by atoms with van der Waals surface area (Å²) < 4.78 is 7.40. The van der Waals surface area contributed by atoms with Crippen LogP contribution in [0, 0.1) is 0 Å². The molecule has 2 aromatic heterocycles. The molecule has 0 radical (unpaired) electrons. The van der Waals surface area contributed by atoms with Crippen molar-refractivity contribution in [2.75, 3.05) is 20.6 Å². The minimum atomic E-state index is -0.469. The lowest BCUT2D eigenvalue weighted by Crippen LogP contribution is -2.43. The summed E-state index contributed by atoms with van der Waals surface area (Å²) in [6.45, 7) is 0.702. The molecule has 0 aliphatic carbocycles. The highest BCUT2D eigenvalue weighted by atomic mass is 16.3. The molecule has 1 aliphatic heterocycles. The van der Waals surface area contributed by atoms with E-state index in [2.05, 4.69) is 5.10 Å². The number of aromatic nitrogens is 2. The van der Waals surface area contributed by atoms with Gasteiger partial charge in [-0.2, -0.15) is 5.10 Å². The fourth-order valence-corrected chi connectivity index (χ4v) is 3.45. The maximum Gasteiger partial charge on any atom is 0.289 e. The summed E-state index contributed by atoms with van der Waals surface area (Å²) in [5, 5.41) is 5.33. The Morgan fingerprint density at radius 1 is 1.27 bits per heavy atom. The molecule has 7 nitrogen and oxygen atoms in total. The van der Waals surface area contributed by atoms with Gasteiger partial charge in [0.25, 0.3) is 5.91 Å². The van der Waals surface area contributed by atoms with E-state index in [4.69, 9.17) is 4.42 Å². The second-order valence-corrected chi connectivity index (χ2v) is 6.83. The lowest BCUT2D eigenvalue weighted by Gasteiger charge is -2.32. The van der Waals surface area contributed by atoms with Gasteiger partial charge in [0.05, 0.1) is 5.69 Å². The second kappa shape index (κ2) is 6.01. The normalized spacial score (nSPS) is 16.6. The van der Waals surface area contributed by atoms with Crippen LogP contribution in [0.25, 0.3) is 11.0 Å². The highest BCUT2D eigenvalue weighted by molar-refractivity contribution is 5.97. The number of carbonyl (C=O) groups is 2. The third kappa shape index (κ3) is 2.65. The number of aryl methyl sites for hydroxylation is 1. The van der Waals surface area contributed by atoms with Crippen LogP contribution in [0.15, 0.2) is 40.9 Å². The van der Waals surface area contributed by atoms with E-state index in [1.165, 1.54) is 4.90 Å². The number of rotatable bonds is 2. The molecule has 0 unspecified atom stereocenters. The molecule has 26 heavy (non-hydrogen) atoms. The molecule has 1 aromatic carbocycles. The Hall–Kier alpha value is -3.09. The van der Waals surface area contributed by atoms with Crippen LogP contribution in [0.3, 0.4) is 0 Å². The molecule has 134 valence electrons. The van der Waals surface area contributed by atoms with E-state index in [1.54, 1.807) is 29.7 Å². The molecular formula is C19H20N4O3. The van der Waals surface area contributed by atoms with Gasteiger partial charge < -0.3 is 14.2 Å². The Morgan fingerprint density at radius 2 is 2.04 bits per heavy atom. The van der Waals surface area contributed by atoms with Gasteiger partial charge in [-0.05, 0) is 12.1 Å². The fraction of sp³-hybridized carbons (Fsp3) is 0.316. The van der Waals surface area contributed by atoms with E-state index in [9.17, 15) is 9.59 Å². The fourth-order valence-electron chi connectivity index (χ4n) is 3.45. The van der Waals surface area contributed by atoms with Gasteiger partial charge in [-0.15, -0.1) is 0 Å². The van der Waals surface area contributed by atoms with E-state index < -0.39 is 5.92 Å². The first-order valence-electron chi connectivity index (χ1n) is 8.45. The molecule has 1 aliphatic rings. The first kappa shape index (κ1) is 16.4. The molecule has 1 atom stereocenters. The number of hydrogen-bond donors (Lipinski definition) is 0. The number of benzene rings is 1. The molecular weight excluding hydrogens is 332 g/mol. The van der Waals surface area contributed by atoms with Crippen LogP contribution in [0.5, 0.6) is 0 Å². The van der Waals surface area contributed by atoms with Crippen LogP contribution in [0.1, 0.15) is 27.7 Å². The SMILES string of the molecule is CN(C)C(=O)[C@H]1CN(C(=O)c2cc3ccccc3o2)Cc2cn(C)nc21. The Bertz CT molecular complexity index is 968. The van der Waals surface area contributed by atoms with E-state index >= 15 is 0 Å². The van der Waals surface area contributed by atoms with Gasteiger partial charge in [-0.25, -0.2) is 0 Å². The highest BCUT2D eigenvalue weighted by Crippen LogP contribution is 2.30. The van der Waals surface area contributed by atoms with Crippen LogP contribution in [-0.2, 0) is 18.4 Å². The summed E-state index contributed by atoms with van der Waals surface area (Å²) in [5.41, 5.74) is 2.32. The molecule has 7 heteroatoms. The molecule has 3 aromatic rings. The van der Waals surface area contributed by atoms with E-state index in [0.29, 0.717) is 12.1 Å². The summed E-state index contributed by atoms with van der Waals surface area (Å²) in [6.07, 6.45) is 1.86. The quantitative estimate of drug-likeness (QED) is 0.707. The smallest absolute Gasteiger partial charge is 0.289 e. The monoisotopic (exact) mass is 352 g/mol. The van der Waals surface area contributed by atoms with E-state index in [1.807, 2.05) is 37.5 Å². The average molecular weight is 352 g/mol. The Labute approximate surface area is 150 Å². The zero-order valence-corrected chi connectivity index (χ0v) is 15.0. The number of carbonyl (C=O) groups excluding carboxylic acids is 2. The van der Waals surface area contributed by atoms with Crippen LogP contribution in [0.2, 0.25) is 0 Å². The summed E-state index contributed by atoms with van der Waals surface area (Å²) in [5.74, 6) is -0.461. The van der Waals surface area contributed by atoms with Crippen molar-refractivity contribution in [3.05, 3.63) is 53.5 Å². The number of para-hydroxylation sites is 1. The van der Waals surface area contributed by atoms with Crippen molar-refractivity contribution < 1.29 is 14.0 Å². The van der Waals surface area contributed by atoms with Gasteiger partial charge in [-0.1, -0.05) is 18.2 Å². The van der Waals surface area contributed by atoms with Crippen LogP contribution >= 0.6 is 0 Å². The number of amides is 2. The minimum Gasteiger partial charge on any atom is -0.451 e. The predicted octanol–water partition coefficient (Wildman–Crippen LogP) is 1.99. The number of likely N-dealkylation sites (N-methyl/N-ethyl adjacent to an activating group) is 1. The molecule has 4 rings (SSSR count). The molecule has 0 spiro atoms. The number of nitrogens with zero attached hydrogens (tertiary/aromatic N) is 4. The number of furan rings is 1. The maximum absolute atomic E-state index is 13.0. The Kier molecular flexibility index (Phi) is 3.79. The van der Waals surface area contributed by atoms with E-state index in [-0.39, 0.29) is 24.1 Å². The van der Waals surface area contributed by atoms with Crippen molar-refractivity contribution in [3.8, 4) is 0 Å². The lowest BCUT2D eigenvalue weighted by molar-refractivity contribution is -0.131. The zero-order chi connectivity index (χ0) is 18.4. The standard InChI is InChI=1S/C19H20N4O3/c1-21(2)18(24)14-11-23(10-13-9-22(3)20-17(13)14)19(25)16-8-12-6-4-5-7-15(12)26-16/h4-9,14H,10-11H2,1-3H3/t14-/m0/s1. The van der Waals surface area contributed by atoms with Crippen molar-refractivity contribution in [1.29, 1.82) is 0 Å². The van der Waals surface area contributed by atoms with E-state index in [0.717, 1.165) is 16.6 Å². The van der Waals surface area contributed by atoms with Crippen molar-refractivity contribution in [1.82, 2.24) is 19.6 Å². The van der Waals surface area contributed by atoms with Gasteiger partial charge in [0.1, 0.15) is 11.5 Å². The summed E-state index contributed by atoms with van der Waals surface area (Å²) >= 11 is 0. The average Bonchev–Trinajstić information content (AvgIpc) is 3.21. The predicted molar refractivity (Wildman–Crippen MR) is 95.6 cm³/mol. The third-order valence-electron chi connectivity index (χ3n) is 4.69. The summed E-state index contributed by atoms with van der Waals surface area (Å²) in [6, 6.07) is 9.26. The topological polar surface area (TPSA) is 71.6 Å². The van der Waals surface area contributed by atoms with Crippen molar-refractivity contribution in [2.45, 2.75) is 12.5 Å². The van der Waals surface area contributed by atoms with Gasteiger partial charge in [0.15, 0.2) is 5.76 Å². The Balaban J connectivity index is 1.68. The van der Waals surface area contributed by atoms with Gasteiger partial charge in [-0.3, -0.25) is 14.3 Å². The van der Waals surface area contributed by atoms with Crippen molar-refractivity contribution in [2.24, 2.45) is 7.05 Å². The van der Waals surface area contributed by atoms with Crippen LogP contribution < -0.4 is 0 Å². The minimum absolute atomic E-state index is 0.0629. The highest BCUT2D eigenvalue weighted by Gasteiger charge is 2.36. The zero-order valence-electron chi connectivity index (χ0n) is 15.0. The molecule has 0 bridgehead atoms. The van der Waals surface area contributed by atoms with Crippen LogP contribution in [-0.4, -0.2) is 52.0 Å². The molecule has 0 saturated carbocycles. The number of hydrogen-bond acceptors (Lipinski definition) is 4. The van der Waals surface area contributed by atoms with Crippen molar-refractivity contribution in [3.63, 3.8) is 0 Å². The Morgan fingerprint density at radius 3 is 2.77 bits per heavy atom. The molecule has 0 saturated heterocycles. The first-order chi connectivity index (χ1) is 12.4. The van der Waals surface area contributed by atoms with Gasteiger partial charge >= 0.3 is 0 Å². The second-order valence-electron chi connectivity index (χ2n) is 6.83. The van der Waals surface area contributed by atoms with Gasteiger partial charge in [0.2, 0.25) is 5.91 Å². The third-order valence-corrected chi connectivity index (χ3v) is 4.69. The molecule has 0 N–H and O–H groups in total. The summed E-state index contributed by atoms with van der Waals surface area (Å²) in [7, 11) is 5.25. The van der Waals surface area contributed by atoms with Gasteiger partial charge in [0, 0.05) is 51.4 Å². The summed E-state index contributed by atoms with van der Waals surface area (Å²) in [4.78, 5) is 28.8. The first-order valence-corrected chi connectivity index (χ1v) is 8.45. The van der Waals surface area contributed by atoms with Crippen molar-refractivity contribution >= 4 is 22.8 Å². The number of fused-ring (bicyclic) bond motifs is 2. The largest absolute Gasteiger partial charge is 0.451 e. The molecule has 2 amide bonds. The van der Waals surface area contributed by atoms with Crippen LogP contribution in [0.4, 0.5) is 0 Å². The lowest BCUT2D eigenvalue weighted by atomic mass is 9.95. The molecule has 3 heterocycles. The molecule has 0 fully saturated rings. The maximum atomic E-state index is 13.0.